The van der Waals surface area contributed by atoms with E-state index in [1.165, 1.54) is 29.2 Å². The zero-order valence-corrected chi connectivity index (χ0v) is 16.2. The first kappa shape index (κ1) is 20.2. The average Bonchev–Trinajstić information content (AvgIpc) is 3.33. The molecule has 10 heteroatoms. The van der Waals surface area contributed by atoms with Gasteiger partial charge in [0.25, 0.3) is 0 Å². The topological polar surface area (TPSA) is 109 Å². The van der Waals surface area contributed by atoms with Crippen LogP contribution in [-0.2, 0) is 11.3 Å². The second kappa shape index (κ2) is 8.65. The van der Waals surface area contributed by atoms with Crippen LogP contribution in [0, 0.1) is 0 Å². The normalized spacial score (nSPS) is 11.4. The summed E-state index contributed by atoms with van der Waals surface area (Å²) < 4.78 is 19.8. The molecule has 2 aromatic heterocycles. The SMILES string of the molecule is CC(=O)c1ccc(-c2ccc(-n3cnn(C/C(=C/F)COC(N)=O)c3=O)cc2)s1. The Morgan fingerprint density at radius 3 is 2.55 bits per heavy atom. The fourth-order valence-corrected chi connectivity index (χ4v) is 3.47. The molecule has 0 spiro atoms. The monoisotopic (exact) mass is 416 g/mol. The van der Waals surface area contributed by atoms with Crippen LogP contribution >= 0.6 is 11.3 Å². The summed E-state index contributed by atoms with van der Waals surface area (Å²) in [6.07, 6.45) is 0.532. The Morgan fingerprint density at radius 1 is 1.24 bits per heavy atom. The second-order valence-electron chi connectivity index (χ2n) is 6.08. The number of hydrogen-bond acceptors (Lipinski definition) is 6. The van der Waals surface area contributed by atoms with Gasteiger partial charge in [-0.1, -0.05) is 12.1 Å². The van der Waals surface area contributed by atoms with Crippen molar-refractivity contribution in [2.45, 2.75) is 13.5 Å². The smallest absolute Gasteiger partial charge is 0.404 e. The lowest BCUT2D eigenvalue weighted by Gasteiger charge is -2.05. The highest BCUT2D eigenvalue weighted by Gasteiger charge is 2.11. The van der Waals surface area contributed by atoms with Gasteiger partial charge in [0.2, 0.25) is 0 Å². The fourth-order valence-electron chi connectivity index (χ4n) is 2.56. The van der Waals surface area contributed by atoms with E-state index in [1.807, 2.05) is 18.2 Å². The van der Waals surface area contributed by atoms with Gasteiger partial charge in [-0.3, -0.25) is 4.79 Å². The number of amides is 1. The van der Waals surface area contributed by atoms with Crippen molar-refractivity contribution in [1.29, 1.82) is 0 Å². The molecule has 0 atom stereocenters. The zero-order chi connectivity index (χ0) is 21.0. The lowest BCUT2D eigenvalue weighted by Crippen LogP contribution is -2.26. The average molecular weight is 416 g/mol. The molecular weight excluding hydrogens is 399 g/mol. The molecule has 2 N–H and O–H groups in total. The molecule has 2 heterocycles. The Kier molecular flexibility index (Phi) is 6.03. The summed E-state index contributed by atoms with van der Waals surface area (Å²) in [5.41, 5.74) is 5.90. The van der Waals surface area contributed by atoms with Crippen LogP contribution in [-0.4, -0.2) is 32.8 Å². The van der Waals surface area contributed by atoms with Crippen molar-refractivity contribution in [2.24, 2.45) is 5.73 Å². The van der Waals surface area contributed by atoms with Gasteiger partial charge in [0.05, 0.1) is 23.4 Å². The minimum Gasteiger partial charge on any atom is -0.445 e. The number of thiophene rings is 1. The van der Waals surface area contributed by atoms with Crippen LogP contribution < -0.4 is 11.4 Å². The lowest BCUT2D eigenvalue weighted by molar-refractivity contribution is 0.102. The van der Waals surface area contributed by atoms with Crippen LogP contribution in [0.15, 0.2) is 59.4 Å². The molecule has 29 heavy (non-hydrogen) atoms. The Bertz CT molecular complexity index is 1130. The van der Waals surface area contributed by atoms with Gasteiger partial charge in [-0.2, -0.15) is 5.10 Å². The number of rotatable bonds is 7. The van der Waals surface area contributed by atoms with Crippen molar-refractivity contribution in [3.63, 3.8) is 0 Å². The number of hydrogen-bond donors (Lipinski definition) is 1. The van der Waals surface area contributed by atoms with Crippen molar-refractivity contribution in [3.8, 4) is 16.1 Å². The number of nitrogens with zero attached hydrogens (tertiary/aromatic N) is 3. The summed E-state index contributed by atoms with van der Waals surface area (Å²) >= 11 is 1.40. The number of carbonyl (C=O) groups excluding carboxylic acids is 2. The van der Waals surface area contributed by atoms with E-state index < -0.39 is 11.8 Å². The van der Waals surface area contributed by atoms with Gasteiger partial charge in [0.15, 0.2) is 5.78 Å². The molecule has 3 aromatic rings. The number of ether oxygens (including phenoxy) is 1. The summed E-state index contributed by atoms with van der Waals surface area (Å²) in [6.45, 7) is 0.964. The highest BCUT2D eigenvalue weighted by molar-refractivity contribution is 7.17. The van der Waals surface area contributed by atoms with E-state index in [4.69, 9.17) is 5.73 Å². The van der Waals surface area contributed by atoms with E-state index in [1.54, 1.807) is 18.2 Å². The first-order valence-electron chi connectivity index (χ1n) is 8.45. The number of Topliss-reactive ketones (excluding diaryl/α,β-unsaturated/α-hetero) is 1. The van der Waals surface area contributed by atoms with Crippen molar-refractivity contribution < 1.29 is 18.7 Å². The lowest BCUT2D eigenvalue weighted by atomic mass is 10.1. The molecule has 0 bridgehead atoms. The van der Waals surface area contributed by atoms with E-state index in [0.717, 1.165) is 15.1 Å². The maximum atomic E-state index is 12.9. The third kappa shape index (κ3) is 4.66. The number of halogens is 1. The molecule has 1 aromatic carbocycles. The Balaban J connectivity index is 1.78. The zero-order valence-electron chi connectivity index (χ0n) is 15.4. The summed E-state index contributed by atoms with van der Waals surface area (Å²) in [7, 11) is 0. The van der Waals surface area contributed by atoms with Gasteiger partial charge < -0.3 is 10.5 Å². The summed E-state index contributed by atoms with van der Waals surface area (Å²) in [4.78, 5) is 36.2. The van der Waals surface area contributed by atoms with E-state index in [-0.39, 0.29) is 30.8 Å². The maximum Gasteiger partial charge on any atom is 0.404 e. The molecule has 0 unspecified atom stereocenters. The Hall–Kier alpha value is -3.53. The second-order valence-corrected chi connectivity index (χ2v) is 7.17. The Morgan fingerprint density at radius 2 is 1.97 bits per heavy atom. The van der Waals surface area contributed by atoms with Gasteiger partial charge in [0, 0.05) is 10.5 Å². The molecule has 1 amide bonds. The van der Waals surface area contributed by atoms with Crippen LogP contribution in [0.5, 0.6) is 0 Å². The van der Waals surface area contributed by atoms with Crippen LogP contribution in [0.2, 0.25) is 0 Å². The highest BCUT2D eigenvalue weighted by atomic mass is 32.1. The molecule has 0 saturated heterocycles. The highest BCUT2D eigenvalue weighted by Crippen LogP contribution is 2.28. The molecule has 8 nitrogen and oxygen atoms in total. The molecule has 0 aliphatic carbocycles. The van der Waals surface area contributed by atoms with Crippen LogP contribution in [0.4, 0.5) is 9.18 Å². The minimum absolute atomic E-state index is 0.0137. The van der Waals surface area contributed by atoms with Gasteiger partial charge in [-0.25, -0.2) is 23.2 Å². The quantitative estimate of drug-likeness (QED) is 0.596. The van der Waals surface area contributed by atoms with Crippen molar-refractivity contribution in [1.82, 2.24) is 14.3 Å². The standard InChI is InChI=1S/C19H17FN4O4S/c1-12(25)16-6-7-17(29-16)14-2-4-15(5-3-14)23-11-22-24(19(23)27)9-13(8-20)10-28-18(21)26/h2-8,11H,9-10H2,1H3,(H2,21,26)/b13-8-. The number of aromatic nitrogens is 3. The maximum absolute atomic E-state index is 12.9. The third-order valence-electron chi connectivity index (χ3n) is 4.02. The molecule has 0 radical (unpaired) electrons. The predicted molar refractivity (Wildman–Crippen MR) is 106 cm³/mol. The first-order chi connectivity index (χ1) is 13.9. The van der Waals surface area contributed by atoms with Crippen molar-refractivity contribution in [3.05, 3.63) is 70.0 Å². The van der Waals surface area contributed by atoms with Crippen molar-refractivity contribution >= 4 is 23.2 Å². The minimum atomic E-state index is -1.04. The van der Waals surface area contributed by atoms with E-state index in [2.05, 4.69) is 9.84 Å². The molecule has 0 aliphatic heterocycles. The van der Waals surface area contributed by atoms with Gasteiger partial charge in [-0.05, 0) is 36.8 Å². The van der Waals surface area contributed by atoms with Crippen LogP contribution in [0.25, 0.3) is 16.1 Å². The molecule has 0 fully saturated rings. The first-order valence-corrected chi connectivity index (χ1v) is 9.27. The number of primary amides is 1. The number of benzene rings is 1. The molecule has 0 saturated carbocycles. The predicted octanol–water partition coefficient (Wildman–Crippen LogP) is 2.91. The molecule has 3 rings (SSSR count). The van der Waals surface area contributed by atoms with Gasteiger partial charge >= 0.3 is 11.8 Å². The van der Waals surface area contributed by atoms with Crippen molar-refractivity contribution in [2.75, 3.05) is 6.61 Å². The van der Waals surface area contributed by atoms with Gasteiger partial charge in [0.1, 0.15) is 12.9 Å². The molecule has 150 valence electrons. The largest absolute Gasteiger partial charge is 0.445 e. The summed E-state index contributed by atoms with van der Waals surface area (Å²) in [5, 5.41) is 3.96. The van der Waals surface area contributed by atoms with E-state index in [0.29, 0.717) is 10.6 Å². The van der Waals surface area contributed by atoms with Crippen LogP contribution in [0.3, 0.4) is 0 Å². The number of carbonyl (C=O) groups is 2. The van der Waals surface area contributed by atoms with E-state index >= 15 is 0 Å². The fraction of sp³-hybridized carbons (Fsp3) is 0.158. The molecular formula is C19H17FN4O4S. The number of nitrogens with two attached hydrogens (primary N) is 1. The van der Waals surface area contributed by atoms with Crippen LogP contribution in [0.1, 0.15) is 16.6 Å². The molecule has 0 aliphatic rings. The number of ketones is 1. The summed E-state index contributed by atoms with van der Waals surface area (Å²) in [5.74, 6) is 0.0137. The third-order valence-corrected chi connectivity index (χ3v) is 5.26. The van der Waals surface area contributed by atoms with Gasteiger partial charge in [-0.15, -0.1) is 11.3 Å². The summed E-state index contributed by atoms with van der Waals surface area (Å²) in [6, 6.07) is 10.8. The Labute approximate surface area is 168 Å². The van der Waals surface area contributed by atoms with E-state index in [9.17, 15) is 18.8 Å².